The van der Waals surface area contributed by atoms with Crippen molar-refractivity contribution in [2.24, 2.45) is 4.99 Å². The molecule has 1 fully saturated rings. The summed E-state index contributed by atoms with van der Waals surface area (Å²) in [6.07, 6.45) is 2.91. The molecular formula is C21H30IN5. The zero-order chi connectivity index (χ0) is 18.4. The molecule has 0 unspecified atom stereocenters. The summed E-state index contributed by atoms with van der Waals surface area (Å²) in [5.41, 5.74) is 4.94. The second-order valence-corrected chi connectivity index (χ2v) is 6.84. The second kappa shape index (κ2) is 10.5. The van der Waals surface area contributed by atoms with Crippen molar-refractivity contribution in [3.8, 4) is 0 Å². The molecule has 0 aliphatic carbocycles. The van der Waals surface area contributed by atoms with Crippen LogP contribution in [0, 0.1) is 13.8 Å². The molecule has 0 bridgehead atoms. The van der Waals surface area contributed by atoms with Crippen LogP contribution in [-0.4, -0.2) is 55.6 Å². The minimum atomic E-state index is 0. The van der Waals surface area contributed by atoms with Gasteiger partial charge in [0.2, 0.25) is 0 Å². The van der Waals surface area contributed by atoms with Gasteiger partial charge in [0.25, 0.3) is 0 Å². The number of nitrogens with zero attached hydrogens (tertiary/aromatic N) is 4. The van der Waals surface area contributed by atoms with Crippen molar-refractivity contribution in [1.82, 2.24) is 15.2 Å². The molecule has 1 N–H and O–H groups in total. The van der Waals surface area contributed by atoms with Crippen molar-refractivity contribution in [2.75, 3.05) is 44.7 Å². The average molecular weight is 479 g/mol. The number of aryl methyl sites for hydroxylation is 2. The first kappa shape index (κ1) is 21.5. The van der Waals surface area contributed by atoms with E-state index in [1.807, 2.05) is 20.2 Å². The molecule has 6 heteroatoms. The molecule has 1 aliphatic rings. The number of guanidine groups is 1. The fourth-order valence-corrected chi connectivity index (χ4v) is 3.30. The van der Waals surface area contributed by atoms with Gasteiger partial charge in [-0.15, -0.1) is 24.0 Å². The summed E-state index contributed by atoms with van der Waals surface area (Å²) in [6.45, 7) is 9.04. The van der Waals surface area contributed by atoms with E-state index in [4.69, 9.17) is 0 Å². The molecule has 1 saturated heterocycles. The molecule has 1 aliphatic heterocycles. The van der Waals surface area contributed by atoms with E-state index in [1.165, 1.54) is 16.8 Å². The number of pyridine rings is 1. The molecular weight excluding hydrogens is 449 g/mol. The van der Waals surface area contributed by atoms with Crippen LogP contribution in [0.5, 0.6) is 0 Å². The Hall–Kier alpha value is -1.83. The molecule has 27 heavy (non-hydrogen) atoms. The van der Waals surface area contributed by atoms with Gasteiger partial charge in [-0.3, -0.25) is 9.98 Å². The summed E-state index contributed by atoms with van der Waals surface area (Å²) in [5, 5.41) is 3.50. The first-order chi connectivity index (χ1) is 12.7. The lowest BCUT2D eigenvalue weighted by molar-refractivity contribution is 0.373. The molecule has 2 aromatic rings. The zero-order valence-corrected chi connectivity index (χ0v) is 18.8. The molecule has 0 saturated carbocycles. The summed E-state index contributed by atoms with van der Waals surface area (Å²) in [6, 6.07) is 13.0. The van der Waals surface area contributed by atoms with Crippen molar-refractivity contribution in [1.29, 1.82) is 0 Å². The third kappa shape index (κ3) is 6.09. The first-order valence-electron chi connectivity index (χ1n) is 9.34. The van der Waals surface area contributed by atoms with E-state index >= 15 is 0 Å². The summed E-state index contributed by atoms with van der Waals surface area (Å²) >= 11 is 0. The lowest BCUT2D eigenvalue weighted by Crippen LogP contribution is -2.52. The molecule has 5 nitrogen and oxygen atoms in total. The molecule has 3 rings (SSSR count). The number of hydrogen-bond donors (Lipinski definition) is 1. The highest BCUT2D eigenvalue weighted by Crippen LogP contribution is 2.17. The molecule has 146 valence electrons. The maximum absolute atomic E-state index is 4.47. The molecule has 1 aromatic heterocycles. The zero-order valence-electron chi connectivity index (χ0n) is 16.5. The Morgan fingerprint density at radius 3 is 2.52 bits per heavy atom. The van der Waals surface area contributed by atoms with Crippen molar-refractivity contribution in [3.05, 3.63) is 59.4 Å². The van der Waals surface area contributed by atoms with Gasteiger partial charge in [-0.05, 0) is 49.6 Å². The Morgan fingerprint density at radius 1 is 1.11 bits per heavy atom. The van der Waals surface area contributed by atoms with Crippen LogP contribution in [0.2, 0.25) is 0 Å². The van der Waals surface area contributed by atoms with Crippen molar-refractivity contribution >= 4 is 35.6 Å². The van der Waals surface area contributed by atoms with Gasteiger partial charge in [0.1, 0.15) is 0 Å². The number of rotatable bonds is 4. The van der Waals surface area contributed by atoms with Gasteiger partial charge in [0.15, 0.2) is 5.96 Å². The number of aromatic nitrogens is 1. The van der Waals surface area contributed by atoms with Gasteiger partial charge < -0.3 is 15.1 Å². The topological polar surface area (TPSA) is 43.8 Å². The van der Waals surface area contributed by atoms with E-state index in [1.54, 1.807) is 0 Å². The van der Waals surface area contributed by atoms with Gasteiger partial charge in [0.05, 0.1) is 0 Å². The maximum atomic E-state index is 4.47. The van der Waals surface area contributed by atoms with Gasteiger partial charge in [0, 0.05) is 57.3 Å². The number of aliphatic imine (C=N–C) groups is 1. The van der Waals surface area contributed by atoms with Crippen LogP contribution in [0.4, 0.5) is 5.69 Å². The lowest BCUT2D eigenvalue weighted by atomic mass is 10.2. The van der Waals surface area contributed by atoms with Crippen LogP contribution in [0.1, 0.15) is 16.8 Å². The number of halogens is 1. The van der Waals surface area contributed by atoms with E-state index in [9.17, 15) is 0 Å². The number of anilines is 1. The Morgan fingerprint density at radius 2 is 1.89 bits per heavy atom. The van der Waals surface area contributed by atoms with Crippen LogP contribution in [0.25, 0.3) is 0 Å². The molecule has 1 aromatic carbocycles. The van der Waals surface area contributed by atoms with Crippen LogP contribution in [-0.2, 0) is 6.42 Å². The first-order valence-corrected chi connectivity index (χ1v) is 9.34. The van der Waals surface area contributed by atoms with Crippen LogP contribution < -0.4 is 10.2 Å². The van der Waals surface area contributed by atoms with Crippen molar-refractivity contribution < 1.29 is 0 Å². The fourth-order valence-electron chi connectivity index (χ4n) is 3.30. The van der Waals surface area contributed by atoms with Crippen LogP contribution in [0.15, 0.2) is 47.6 Å². The second-order valence-electron chi connectivity index (χ2n) is 6.84. The number of piperazine rings is 1. The fraction of sp³-hybridized carbons (Fsp3) is 0.429. The Balaban J connectivity index is 0.00000261. The van der Waals surface area contributed by atoms with Crippen molar-refractivity contribution in [2.45, 2.75) is 20.3 Å². The number of benzene rings is 1. The summed E-state index contributed by atoms with van der Waals surface area (Å²) < 4.78 is 0. The highest BCUT2D eigenvalue weighted by atomic mass is 127. The minimum absolute atomic E-state index is 0. The predicted molar refractivity (Wildman–Crippen MR) is 124 cm³/mol. The van der Waals surface area contributed by atoms with Gasteiger partial charge in [-0.2, -0.15) is 0 Å². The molecule has 0 atom stereocenters. The highest BCUT2D eigenvalue weighted by Gasteiger charge is 2.19. The molecule has 0 radical (unpaired) electrons. The third-order valence-corrected chi connectivity index (χ3v) is 4.83. The largest absolute Gasteiger partial charge is 0.368 e. The quantitative estimate of drug-likeness (QED) is 0.416. The summed E-state index contributed by atoms with van der Waals surface area (Å²) in [7, 11) is 1.86. The molecule has 0 spiro atoms. The number of hydrogen-bond acceptors (Lipinski definition) is 3. The minimum Gasteiger partial charge on any atom is -0.368 e. The lowest BCUT2D eigenvalue weighted by Gasteiger charge is -2.37. The smallest absolute Gasteiger partial charge is 0.193 e. The summed E-state index contributed by atoms with van der Waals surface area (Å²) in [5.74, 6) is 0.994. The summed E-state index contributed by atoms with van der Waals surface area (Å²) in [4.78, 5) is 13.6. The van der Waals surface area contributed by atoms with Gasteiger partial charge in [-0.1, -0.05) is 18.2 Å². The highest BCUT2D eigenvalue weighted by molar-refractivity contribution is 14.0. The van der Waals surface area contributed by atoms with Gasteiger partial charge >= 0.3 is 0 Å². The SMILES string of the molecule is CN=C(NCCc1ccc(C)nc1)N1CCN(c2cccc(C)c2)CC1.I. The number of nitrogens with one attached hydrogen (secondary N) is 1. The third-order valence-electron chi connectivity index (χ3n) is 4.83. The average Bonchev–Trinajstić information content (AvgIpc) is 2.67. The van der Waals surface area contributed by atoms with E-state index in [0.717, 1.165) is 50.8 Å². The Kier molecular flexibility index (Phi) is 8.34. The van der Waals surface area contributed by atoms with Gasteiger partial charge in [-0.25, -0.2) is 0 Å². The van der Waals surface area contributed by atoms with Crippen LogP contribution in [0.3, 0.4) is 0 Å². The van der Waals surface area contributed by atoms with E-state index in [-0.39, 0.29) is 24.0 Å². The molecule has 0 amide bonds. The Labute approximate surface area is 179 Å². The van der Waals surface area contributed by atoms with Crippen molar-refractivity contribution in [3.63, 3.8) is 0 Å². The predicted octanol–water partition coefficient (Wildman–Crippen LogP) is 3.26. The standard InChI is InChI=1S/C21H29N5.HI/c1-17-5-4-6-20(15-17)25-11-13-26(14-12-25)21(22-3)23-10-9-19-8-7-18(2)24-16-19;/h4-8,15-16H,9-14H2,1-3H3,(H,22,23);1H. The Bertz CT molecular complexity index is 736. The van der Waals surface area contributed by atoms with E-state index < -0.39 is 0 Å². The maximum Gasteiger partial charge on any atom is 0.193 e. The normalized spacial score (nSPS) is 14.7. The van der Waals surface area contributed by atoms with E-state index in [2.05, 4.69) is 68.4 Å². The molecule has 2 heterocycles. The van der Waals surface area contributed by atoms with Crippen LogP contribution >= 0.6 is 24.0 Å². The monoisotopic (exact) mass is 479 g/mol. The van der Waals surface area contributed by atoms with E-state index in [0.29, 0.717) is 0 Å².